The van der Waals surface area contributed by atoms with Gasteiger partial charge in [0.15, 0.2) is 0 Å². The Morgan fingerprint density at radius 3 is 2.67 bits per heavy atom. The van der Waals surface area contributed by atoms with Gasteiger partial charge in [0.1, 0.15) is 6.29 Å². The van der Waals surface area contributed by atoms with Gasteiger partial charge in [0, 0.05) is 22.4 Å². The minimum atomic E-state index is 0.415. The van der Waals surface area contributed by atoms with Crippen LogP contribution in [0.2, 0.25) is 0 Å². The van der Waals surface area contributed by atoms with Crippen LogP contribution in [0.3, 0.4) is 0 Å². The van der Waals surface area contributed by atoms with Gasteiger partial charge < -0.3 is 16.2 Å². The van der Waals surface area contributed by atoms with Gasteiger partial charge in [-0.1, -0.05) is 30.3 Å². The second-order valence-corrected chi connectivity index (χ2v) is 5.66. The number of carbonyl (C=O) groups excluding carboxylic acids is 1. The number of nitrogens with two attached hydrogens (primary N) is 2. The van der Waals surface area contributed by atoms with Gasteiger partial charge in [0.2, 0.25) is 0 Å². The van der Waals surface area contributed by atoms with Crippen LogP contribution in [0.4, 0.5) is 5.69 Å². The summed E-state index contributed by atoms with van der Waals surface area (Å²) in [6, 6.07) is 17.4. The maximum absolute atomic E-state index is 10.8. The van der Waals surface area contributed by atoms with E-state index in [4.69, 9.17) is 5.73 Å². The number of para-hydroxylation sites is 1. The summed E-state index contributed by atoms with van der Waals surface area (Å²) in [5, 5.41) is 1.06. The molecule has 6 heteroatoms. The maximum atomic E-state index is 10.8. The lowest BCUT2D eigenvalue weighted by molar-refractivity contribution is 0.112. The topological polar surface area (TPSA) is 94.0 Å². The van der Waals surface area contributed by atoms with Crippen molar-refractivity contribution in [1.29, 1.82) is 0 Å². The van der Waals surface area contributed by atoms with Crippen LogP contribution in [0, 0.1) is 0 Å². The van der Waals surface area contributed by atoms with Gasteiger partial charge in [-0.15, -0.1) is 0 Å². The van der Waals surface area contributed by atoms with Crippen LogP contribution < -0.4 is 16.2 Å². The van der Waals surface area contributed by atoms with Crippen LogP contribution in [0.25, 0.3) is 10.9 Å². The standard InChI is InChI=1S/C17H15N3OS.CH5N/c18-10-14-8-7-13-4-2-6-16(17(13)19-14)20-22-15-5-1-3-12(9-15)11-21;1-2/h1-9,11,20H,10,18H2;2H2,1H3. The summed E-state index contributed by atoms with van der Waals surface area (Å²) in [6.07, 6.45) is 0.844. The number of anilines is 1. The minimum Gasteiger partial charge on any atom is -0.333 e. The number of nitrogens with zero attached hydrogens (tertiary/aromatic N) is 1. The van der Waals surface area contributed by atoms with E-state index in [0.29, 0.717) is 12.1 Å². The molecule has 0 aliphatic carbocycles. The zero-order valence-electron chi connectivity index (χ0n) is 13.4. The monoisotopic (exact) mass is 340 g/mol. The van der Waals surface area contributed by atoms with E-state index in [2.05, 4.69) is 15.4 Å². The van der Waals surface area contributed by atoms with E-state index in [1.165, 1.54) is 19.0 Å². The molecule has 5 N–H and O–H groups in total. The lowest BCUT2D eigenvalue weighted by Crippen LogP contribution is -2.00. The number of fused-ring (bicyclic) bond motifs is 1. The summed E-state index contributed by atoms with van der Waals surface area (Å²) >= 11 is 1.45. The van der Waals surface area contributed by atoms with Crippen molar-refractivity contribution >= 4 is 34.8 Å². The van der Waals surface area contributed by atoms with Crippen LogP contribution in [0.1, 0.15) is 16.1 Å². The molecular weight excluding hydrogens is 320 g/mol. The summed E-state index contributed by atoms with van der Waals surface area (Å²) in [5.74, 6) is 0. The van der Waals surface area contributed by atoms with E-state index in [9.17, 15) is 4.79 Å². The Morgan fingerprint density at radius 1 is 1.12 bits per heavy atom. The first kappa shape index (κ1) is 17.9. The third kappa shape index (κ3) is 4.32. The number of hydrogen-bond acceptors (Lipinski definition) is 6. The fraction of sp³-hybridized carbons (Fsp3) is 0.111. The number of aromatic nitrogens is 1. The molecule has 3 aromatic rings. The first-order valence-electron chi connectivity index (χ1n) is 7.45. The molecule has 2 aromatic carbocycles. The van der Waals surface area contributed by atoms with Crippen molar-refractivity contribution in [3.05, 3.63) is 65.9 Å². The Balaban J connectivity index is 0.00000100. The van der Waals surface area contributed by atoms with Crippen molar-refractivity contribution in [2.45, 2.75) is 11.4 Å². The zero-order valence-corrected chi connectivity index (χ0v) is 14.2. The molecule has 0 fully saturated rings. The van der Waals surface area contributed by atoms with Crippen LogP contribution in [0.15, 0.2) is 59.5 Å². The quantitative estimate of drug-likeness (QED) is 0.488. The summed E-state index contributed by atoms with van der Waals surface area (Å²) in [7, 11) is 1.50. The first-order valence-corrected chi connectivity index (χ1v) is 8.26. The van der Waals surface area contributed by atoms with Crippen LogP contribution in [-0.2, 0) is 6.54 Å². The van der Waals surface area contributed by atoms with Gasteiger partial charge in [0.05, 0.1) is 16.9 Å². The van der Waals surface area contributed by atoms with Crippen LogP contribution in [0.5, 0.6) is 0 Å². The third-order valence-electron chi connectivity index (χ3n) is 3.26. The summed E-state index contributed by atoms with van der Waals surface area (Å²) < 4.78 is 3.30. The fourth-order valence-corrected chi connectivity index (χ4v) is 2.88. The number of rotatable bonds is 5. The molecule has 3 rings (SSSR count). The zero-order chi connectivity index (χ0) is 17.4. The SMILES string of the molecule is CN.NCc1ccc2cccc(NSc3cccc(C=O)c3)c2n1. The predicted octanol–water partition coefficient (Wildman–Crippen LogP) is 3.20. The molecule has 0 amide bonds. The number of nitrogens with one attached hydrogen (secondary N) is 1. The van der Waals surface area contributed by atoms with E-state index in [-0.39, 0.29) is 0 Å². The average Bonchev–Trinajstić information content (AvgIpc) is 2.67. The second-order valence-electron chi connectivity index (χ2n) is 4.78. The van der Waals surface area contributed by atoms with Crippen molar-refractivity contribution in [1.82, 2.24) is 4.98 Å². The molecule has 124 valence electrons. The summed E-state index contributed by atoms with van der Waals surface area (Å²) in [5.41, 5.74) is 13.5. The van der Waals surface area contributed by atoms with Gasteiger partial charge >= 0.3 is 0 Å². The molecule has 0 saturated heterocycles. The molecule has 0 bridgehead atoms. The highest BCUT2D eigenvalue weighted by Gasteiger charge is 2.04. The third-order valence-corrected chi connectivity index (χ3v) is 4.07. The number of aldehydes is 1. The number of carbonyl (C=O) groups is 1. The van der Waals surface area contributed by atoms with E-state index in [0.717, 1.165) is 33.5 Å². The molecule has 0 aliphatic rings. The smallest absolute Gasteiger partial charge is 0.150 e. The van der Waals surface area contributed by atoms with E-state index in [1.807, 2.05) is 48.5 Å². The molecule has 1 heterocycles. The highest BCUT2D eigenvalue weighted by molar-refractivity contribution is 8.00. The predicted molar refractivity (Wildman–Crippen MR) is 101 cm³/mol. The Labute approximate surface area is 145 Å². The molecule has 0 saturated carbocycles. The van der Waals surface area contributed by atoms with Crippen molar-refractivity contribution in [3.63, 3.8) is 0 Å². The molecule has 1 aromatic heterocycles. The Bertz CT molecular complexity index is 823. The fourth-order valence-electron chi connectivity index (χ4n) is 2.15. The number of hydrogen-bond donors (Lipinski definition) is 3. The Hall–Kier alpha value is -2.41. The van der Waals surface area contributed by atoms with Gasteiger partial charge in [-0.05, 0) is 43.3 Å². The maximum Gasteiger partial charge on any atom is 0.150 e. The Morgan fingerprint density at radius 2 is 1.92 bits per heavy atom. The van der Waals surface area contributed by atoms with Gasteiger partial charge in [0.25, 0.3) is 0 Å². The van der Waals surface area contributed by atoms with E-state index in [1.54, 1.807) is 6.07 Å². The summed E-state index contributed by atoms with van der Waals surface area (Å²) in [4.78, 5) is 16.4. The lowest BCUT2D eigenvalue weighted by Gasteiger charge is -2.09. The number of pyridine rings is 1. The lowest BCUT2D eigenvalue weighted by atomic mass is 10.2. The largest absolute Gasteiger partial charge is 0.333 e. The highest BCUT2D eigenvalue weighted by Crippen LogP contribution is 2.27. The van der Waals surface area contributed by atoms with Crippen LogP contribution in [-0.4, -0.2) is 18.3 Å². The van der Waals surface area contributed by atoms with Crippen molar-refractivity contribution < 1.29 is 4.79 Å². The van der Waals surface area contributed by atoms with Gasteiger partial charge in [-0.25, -0.2) is 4.98 Å². The molecule has 24 heavy (non-hydrogen) atoms. The molecule has 0 unspecified atom stereocenters. The Kier molecular flexibility index (Phi) is 6.74. The average molecular weight is 340 g/mol. The van der Waals surface area contributed by atoms with Crippen LogP contribution >= 0.6 is 11.9 Å². The minimum absolute atomic E-state index is 0.415. The van der Waals surface area contributed by atoms with E-state index >= 15 is 0 Å². The first-order chi connectivity index (χ1) is 11.8. The van der Waals surface area contributed by atoms with Crippen molar-refractivity contribution in [2.24, 2.45) is 11.5 Å². The van der Waals surface area contributed by atoms with Crippen molar-refractivity contribution in [3.8, 4) is 0 Å². The van der Waals surface area contributed by atoms with Gasteiger partial charge in [-0.3, -0.25) is 4.79 Å². The second kappa shape index (κ2) is 9.02. The molecule has 0 atom stereocenters. The molecule has 0 radical (unpaired) electrons. The highest BCUT2D eigenvalue weighted by atomic mass is 32.2. The van der Waals surface area contributed by atoms with Gasteiger partial charge in [-0.2, -0.15) is 0 Å². The molecule has 5 nitrogen and oxygen atoms in total. The summed E-state index contributed by atoms with van der Waals surface area (Å²) in [6.45, 7) is 0.415. The molecule has 0 spiro atoms. The number of benzene rings is 2. The molecule has 0 aliphatic heterocycles. The van der Waals surface area contributed by atoms with Crippen molar-refractivity contribution in [2.75, 3.05) is 11.8 Å². The van der Waals surface area contributed by atoms with E-state index < -0.39 is 0 Å². The molecular formula is C18H20N4OS. The normalized spacial score (nSPS) is 9.96.